The van der Waals surface area contributed by atoms with Crippen LogP contribution in [0.5, 0.6) is 34.5 Å². The van der Waals surface area contributed by atoms with Gasteiger partial charge in [0.15, 0.2) is 11.6 Å². The molecule has 2 aliphatic heterocycles. The number of likely N-dealkylation sites (tertiary alicyclic amines) is 1. The Kier molecular flexibility index (Phi) is 12.7. The molecule has 11 nitrogen and oxygen atoms in total. The molecule has 296 valence electrons. The Bertz CT molecular complexity index is 2030. The van der Waals surface area contributed by atoms with E-state index in [1.54, 1.807) is 26.4 Å². The van der Waals surface area contributed by atoms with Crippen LogP contribution in [0.2, 0.25) is 0 Å². The number of fused-ring (bicyclic) bond motifs is 6. The summed E-state index contributed by atoms with van der Waals surface area (Å²) in [7, 11) is 3.19. The number of ether oxygens (including phenoxy) is 7. The highest BCUT2D eigenvalue weighted by Crippen LogP contribution is 2.50. The zero-order valence-corrected chi connectivity index (χ0v) is 32.9. The van der Waals surface area contributed by atoms with Crippen LogP contribution in [0.15, 0.2) is 60.7 Å². The molecular formula is C45H52N2O9. The number of rotatable bonds is 15. The quantitative estimate of drug-likeness (QED) is 0.106. The Morgan fingerprint density at radius 1 is 0.554 bits per heavy atom. The minimum Gasteiger partial charge on any atom is -0.497 e. The monoisotopic (exact) mass is 764 g/mol. The first-order chi connectivity index (χ1) is 27.4. The Morgan fingerprint density at radius 3 is 1.50 bits per heavy atom. The van der Waals surface area contributed by atoms with E-state index in [1.165, 1.54) is 12.8 Å². The summed E-state index contributed by atoms with van der Waals surface area (Å²) in [5.41, 5.74) is 5.82. The van der Waals surface area contributed by atoms with E-state index in [-0.39, 0.29) is 11.6 Å². The molecule has 0 N–H and O–H groups in total. The van der Waals surface area contributed by atoms with Gasteiger partial charge < -0.3 is 33.2 Å². The molecule has 0 unspecified atom stereocenters. The van der Waals surface area contributed by atoms with Crippen LogP contribution in [-0.4, -0.2) is 114 Å². The van der Waals surface area contributed by atoms with Crippen molar-refractivity contribution in [2.24, 2.45) is 0 Å². The van der Waals surface area contributed by atoms with Gasteiger partial charge >= 0.3 is 0 Å². The average Bonchev–Trinajstić information content (AvgIpc) is 3.94. The lowest BCUT2D eigenvalue weighted by atomic mass is 10.0. The van der Waals surface area contributed by atoms with E-state index >= 15 is 0 Å². The maximum absolute atomic E-state index is 13.0. The minimum absolute atomic E-state index is 0.00441. The molecule has 8 rings (SSSR count). The Morgan fingerprint density at radius 2 is 1.02 bits per heavy atom. The van der Waals surface area contributed by atoms with Gasteiger partial charge in [0.2, 0.25) is 0 Å². The summed E-state index contributed by atoms with van der Waals surface area (Å²) in [6, 6.07) is 18.6. The number of benzene rings is 4. The summed E-state index contributed by atoms with van der Waals surface area (Å²) >= 11 is 0. The topological polar surface area (TPSA) is 105 Å². The van der Waals surface area contributed by atoms with Crippen LogP contribution < -0.4 is 28.4 Å². The Hall–Kier alpha value is -5.10. The molecule has 0 bridgehead atoms. The van der Waals surface area contributed by atoms with Crippen LogP contribution in [0.25, 0.3) is 22.3 Å². The van der Waals surface area contributed by atoms with E-state index < -0.39 is 0 Å². The van der Waals surface area contributed by atoms with Crippen LogP contribution >= 0.6 is 0 Å². The van der Waals surface area contributed by atoms with Gasteiger partial charge in [0, 0.05) is 82.8 Å². The van der Waals surface area contributed by atoms with E-state index in [2.05, 4.69) is 16.7 Å². The number of nitrogens with zero attached hydrogens (tertiary/aromatic N) is 2. The van der Waals surface area contributed by atoms with E-state index in [4.69, 9.17) is 33.2 Å². The standard InChI is InChI=1S/C23H27NO4.C22H25NO5/c1-3-12-27-20-15-16(26-2)14-18-22(20)21-17(23(18)25)7-6-8-19(21)28-13-11-24-9-4-5-10-24;1-3-27-19-14-15(25-2)13-17-21(19)20-16(22(17)24)5-4-6-18(20)28-12-9-23-7-10-26-11-8-23/h6-8,14-15H,3-5,9-13H2,1-2H3;4-6,13-14H,3,7-12H2,1-2H3. The van der Waals surface area contributed by atoms with Gasteiger partial charge in [-0.15, -0.1) is 0 Å². The van der Waals surface area contributed by atoms with Crippen molar-refractivity contribution in [2.75, 3.05) is 93.1 Å². The normalized spacial score (nSPS) is 15.6. The minimum atomic E-state index is -0.0246. The molecule has 4 aromatic rings. The van der Waals surface area contributed by atoms with Gasteiger partial charge in [-0.25, -0.2) is 0 Å². The lowest BCUT2D eigenvalue weighted by Gasteiger charge is -2.26. The van der Waals surface area contributed by atoms with Crippen LogP contribution in [0.3, 0.4) is 0 Å². The van der Waals surface area contributed by atoms with Crippen molar-refractivity contribution >= 4 is 11.6 Å². The first kappa shape index (κ1) is 39.1. The van der Waals surface area contributed by atoms with Crippen molar-refractivity contribution < 1.29 is 42.7 Å². The molecular weight excluding hydrogens is 713 g/mol. The fourth-order valence-electron chi connectivity index (χ4n) is 7.77. The van der Waals surface area contributed by atoms with Crippen LogP contribution in [0.4, 0.5) is 0 Å². The molecule has 2 saturated heterocycles. The summed E-state index contributed by atoms with van der Waals surface area (Å²) in [4.78, 5) is 30.8. The van der Waals surface area contributed by atoms with Gasteiger partial charge in [0.1, 0.15) is 47.7 Å². The maximum atomic E-state index is 13.0. The van der Waals surface area contributed by atoms with Crippen molar-refractivity contribution in [2.45, 2.75) is 33.1 Å². The second-order valence-corrected chi connectivity index (χ2v) is 14.1. The highest BCUT2D eigenvalue weighted by Gasteiger charge is 2.35. The highest BCUT2D eigenvalue weighted by molar-refractivity contribution is 6.24. The van der Waals surface area contributed by atoms with Crippen molar-refractivity contribution in [3.05, 3.63) is 82.9 Å². The smallest absolute Gasteiger partial charge is 0.194 e. The van der Waals surface area contributed by atoms with E-state index in [9.17, 15) is 9.59 Å². The molecule has 0 amide bonds. The zero-order valence-electron chi connectivity index (χ0n) is 32.9. The third kappa shape index (κ3) is 8.21. The average molecular weight is 765 g/mol. The number of ketones is 2. The van der Waals surface area contributed by atoms with Crippen molar-refractivity contribution in [1.82, 2.24) is 9.80 Å². The molecule has 2 fully saturated rings. The summed E-state index contributed by atoms with van der Waals surface area (Å²) in [5, 5.41) is 0. The lowest BCUT2D eigenvalue weighted by molar-refractivity contribution is 0.0323. The summed E-state index contributed by atoms with van der Waals surface area (Å²) in [6.07, 6.45) is 3.42. The van der Waals surface area contributed by atoms with Crippen molar-refractivity contribution in [3.63, 3.8) is 0 Å². The van der Waals surface area contributed by atoms with Crippen LogP contribution in [0.1, 0.15) is 65.0 Å². The predicted molar refractivity (Wildman–Crippen MR) is 215 cm³/mol. The van der Waals surface area contributed by atoms with Gasteiger partial charge in [-0.3, -0.25) is 19.4 Å². The molecule has 0 aromatic heterocycles. The third-order valence-corrected chi connectivity index (χ3v) is 10.5. The first-order valence-electron chi connectivity index (χ1n) is 19.8. The Labute approximate surface area is 329 Å². The highest BCUT2D eigenvalue weighted by atomic mass is 16.5. The fraction of sp³-hybridized carbons (Fsp3) is 0.422. The number of methoxy groups -OCH3 is 2. The third-order valence-electron chi connectivity index (χ3n) is 10.5. The summed E-state index contributed by atoms with van der Waals surface area (Å²) in [6.45, 7) is 13.6. The van der Waals surface area contributed by atoms with Gasteiger partial charge in [0.25, 0.3) is 0 Å². The van der Waals surface area contributed by atoms with Crippen LogP contribution in [0, 0.1) is 0 Å². The molecule has 56 heavy (non-hydrogen) atoms. The zero-order chi connectivity index (χ0) is 39.0. The Balaban J connectivity index is 0.000000172. The molecule has 11 heteroatoms. The van der Waals surface area contributed by atoms with Crippen molar-refractivity contribution in [3.8, 4) is 56.8 Å². The molecule has 4 aromatic carbocycles. The van der Waals surface area contributed by atoms with Gasteiger partial charge in [-0.1, -0.05) is 31.2 Å². The van der Waals surface area contributed by atoms with E-state index in [0.29, 0.717) is 77.4 Å². The van der Waals surface area contributed by atoms with Gasteiger partial charge in [0.05, 0.1) is 40.6 Å². The molecule has 0 spiro atoms. The van der Waals surface area contributed by atoms with Crippen LogP contribution in [-0.2, 0) is 4.74 Å². The molecule has 2 aliphatic carbocycles. The van der Waals surface area contributed by atoms with Crippen molar-refractivity contribution in [1.29, 1.82) is 0 Å². The van der Waals surface area contributed by atoms with E-state index in [1.807, 2.05) is 55.5 Å². The predicted octanol–water partition coefficient (Wildman–Crippen LogP) is 7.19. The first-order valence-corrected chi connectivity index (χ1v) is 19.8. The number of hydrogen-bond acceptors (Lipinski definition) is 11. The number of hydrogen-bond donors (Lipinski definition) is 0. The molecule has 2 heterocycles. The molecule has 4 aliphatic rings. The number of morpholine rings is 1. The maximum Gasteiger partial charge on any atom is 0.194 e. The largest absolute Gasteiger partial charge is 0.497 e. The number of carbonyl (C=O) groups excluding carboxylic acids is 2. The molecule has 0 radical (unpaired) electrons. The second-order valence-electron chi connectivity index (χ2n) is 14.1. The van der Waals surface area contributed by atoms with Gasteiger partial charge in [-0.2, -0.15) is 0 Å². The fourth-order valence-corrected chi connectivity index (χ4v) is 7.77. The second kappa shape index (κ2) is 18.2. The SMILES string of the molecule is CCCOc1cc(OC)cc2c1-c1c(OCCN3CCCC3)cccc1C2=O.CCOc1cc(OC)cc2c1-c1c(OCCN3CCOCC3)cccc1C2=O. The summed E-state index contributed by atoms with van der Waals surface area (Å²) in [5.74, 6) is 3.99. The number of carbonyl (C=O) groups is 2. The van der Waals surface area contributed by atoms with E-state index in [0.717, 1.165) is 86.9 Å². The molecule has 0 atom stereocenters. The lowest BCUT2D eigenvalue weighted by Crippen LogP contribution is -2.38. The van der Waals surface area contributed by atoms with Gasteiger partial charge in [-0.05, 0) is 63.5 Å². The molecule has 0 saturated carbocycles. The summed E-state index contributed by atoms with van der Waals surface area (Å²) < 4.78 is 40.2.